The van der Waals surface area contributed by atoms with E-state index in [0.29, 0.717) is 13.2 Å². The van der Waals surface area contributed by atoms with Gasteiger partial charge in [-0.3, -0.25) is 0 Å². The zero-order valence-electron chi connectivity index (χ0n) is 15.3. The molecule has 3 rings (SSSR count). The van der Waals surface area contributed by atoms with Gasteiger partial charge in [0.25, 0.3) is 0 Å². The topological polar surface area (TPSA) is 77.4 Å². The smallest absolute Gasteiger partial charge is 0.186 e. The minimum Gasteiger partial charge on any atom is -0.394 e. The lowest BCUT2D eigenvalue weighted by Crippen LogP contribution is -2.60. The summed E-state index contributed by atoms with van der Waals surface area (Å²) in [5, 5.41) is 20.2. The molecule has 0 unspecified atom stereocenters. The van der Waals surface area contributed by atoms with Gasteiger partial charge in [-0.2, -0.15) is 0 Å². The standard InChI is InChI=1S/C21H26O6/c1-24-21-20(26-14-16-10-6-3-7-11-16)19(18(23)17(12-22)27-21)25-13-15-8-4-2-5-9-15/h2-11,17-23H,12-14H2,1H3/t17-,18+,19+,20-,21-/m1/s1. The molecule has 1 heterocycles. The van der Waals surface area contributed by atoms with E-state index in [9.17, 15) is 10.2 Å². The maximum atomic E-state index is 10.6. The van der Waals surface area contributed by atoms with Gasteiger partial charge in [-0.25, -0.2) is 0 Å². The highest BCUT2D eigenvalue weighted by Crippen LogP contribution is 2.28. The van der Waals surface area contributed by atoms with Gasteiger partial charge in [0.05, 0.1) is 19.8 Å². The van der Waals surface area contributed by atoms with Crippen LogP contribution in [0.5, 0.6) is 0 Å². The van der Waals surface area contributed by atoms with Crippen LogP contribution in [0.1, 0.15) is 11.1 Å². The van der Waals surface area contributed by atoms with E-state index in [4.69, 9.17) is 18.9 Å². The highest BCUT2D eigenvalue weighted by Gasteiger charge is 2.46. The third kappa shape index (κ3) is 5.13. The highest BCUT2D eigenvalue weighted by molar-refractivity contribution is 5.14. The summed E-state index contributed by atoms with van der Waals surface area (Å²) in [5.41, 5.74) is 1.97. The summed E-state index contributed by atoms with van der Waals surface area (Å²) >= 11 is 0. The first kappa shape index (κ1) is 19.9. The van der Waals surface area contributed by atoms with Crippen LogP contribution in [-0.4, -0.2) is 54.6 Å². The molecule has 0 aromatic heterocycles. The predicted octanol–water partition coefficient (Wildman–Crippen LogP) is 1.88. The van der Waals surface area contributed by atoms with E-state index in [1.54, 1.807) is 0 Å². The first-order chi connectivity index (χ1) is 13.2. The van der Waals surface area contributed by atoms with E-state index in [1.807, 2.05) is 60.7 Å². The monoisotopic (exact) mass is 374 g/mol. The molecule has 27 heavy (non-hydrogen) atoms. The van der Waals surface area contributed by atoms with E-state index >= 15 is 0 Å². The van der Waals surface area contributed by atoms with Crippen molar-refractivity contribution in [2.45, 2.75) is 43.9 Å². The Morgan fingerprint density at radius 2 is 1.37 bits per heavy atom. The second-order valence-electron chi connectivity index (χ2n) is 6.47. The Hall–Kier alpha value is -1.80. The minimum absolute atomic E-state index is 0.308. The van der Waals surface area contributed by atoms with E-state index < -0.39 is 30.7 Å². The summed E-state index contributed by atoms with van der Waals surface area (Å²) in [6.45, 7) is 0.302. The second kappa shape index (κ2) is 9.94. The summed E-state index contributed by atoms with van der Waals surface area (Å²) in [6.07, 6.45) is -3.94. The summed E-state index contributed by atoms with van der Waals surface area (Å²) in [4.78, 5) is 0. The lowest BCUT2D eigenvalue weighted by Gasteiger charge is -2.43. The van der Waals surface area contributed by atoms with Crippen LogP contribution < -0.4 is 0 Å². The number of ether oxygens (including phenoxy) is 4. The third-order valence-corrected chi connectivity index (χ3v) is 4.60. The minimum atomic E-state index is -1.04. The Morgan fingerprint density at radius 3 is 1.85 bits per heavy atom. The number of aliphatic hydroxyl groups is 2. The lowest BCUT2D eigenvalue weighted by molar-refractivity contribution is -0.314. The SMILES string of the molecule is CO[C@@H]1O[C@H](CO)[C@H](O)[C@H](OCc2ccccc2)[C@H]1OCc1ccccc1. The van der Waals surface area contributed by atoms with E-state index in [-0.39, 0.29) is 6.61 Å². The quantitative estimate of drug-likeness (QED) is 0.735. The van der Waals surface area contributed by atoms with Gasteiger partial charge in [0.1, 0.15) is 24.4 Å². The van der Waals surface area contributed by atoms with Gasteiger partial charge < -0.3 is 29.2 Å². The molecule has 1 aliphatic heterocycles. The fraction of sp³-hybridized carbons (Fsp3) is 0.429. The lowest BCUT2D eigenvalue weighted by atomic mass is 9.98. The third-order valence-electron chi connectivity index (χ3n) is 4.60. The summed E-state index contributed by atoms with van der Waals surface area (Å²) < 4.78 is 23.1. The van der Waals surface area contributed by atoms with E-state index in [1.165, 1.54) is 7.11 Å². The van der Waals surface area contributed by atoms with Crippen molar-refractivity contribution in [3.8, 4) is 0 Å². The van der Waals surface area contributed by atoms with Gasteiger partial charge in [0, 0.05) is 7.11 Å². The van der Waals surface area contributed by atoms with Crippen LogP contribution in [0.25, 0.3) is 0 Å². The maximum absolute atomic E-state index is 10.6. The predicted molar refractivity (Wildman–Crippen MR) is 98.8 cm³/mol. The van der Waals surface area contributed by atoms with E-state index in [2.05, 4.69) is 0 Å². The molecule has 0 radical (unpaired) electrons. The normalized spacial score (nSPS) is 28.2. The van der Waals surface area contributed by atoms with Crippen LogP contribution in [0, 0.1) is 0 Å². The van der Waals surface area contributed by atoms with Gasteiger partial charge in [-0.1, -0.05) is 60.7 Å². The van der Waals surface area contributed by atoms with Crippen molar-refractivity contribution in [1.29, 1.82) is 0 Å². The second-order valence-corrected chi connectivity index (χ2v) is 6.47. The molecule has 2 aromatic rings. The molecular formula is C21H26O6. The molecule has 0 bridgehead atoms. The van der Waals surface area contributed by atoms with Gasteiger partial charge in [0.2, 0.25) is 0 Å². The zero-order valence-corrected chi connectivity index (χ0v) is 15.3. The Bertz CT molecular complexity index is 665. The molecule has 6 nitrogen and oxygen atoms in total. The fourth-order valence-corrected chi connectivity index (χ4v) is 3.13. The maximum Gasteiger partial charge on any atom is 0.186 e. The van der Waals surface area contributed by atoms with Crippen LogP contribution in [0.2, 0.25) is 0 Å². The number of rotatable bonds is 8. The molecule has 0 amide bonds. The summed E-state index contributed by atoms with van der Waals surface area (Å²) in [5.74, 6) is 0. The number of benzene rings is 2. The van der Waals surface area contributed by atoms with Crippen molar-refractivity contribution >= 4 is 0 Å². The number of hydrogen-bond acceptors (Lipinski definition) is 6. The van der Waals surface area contributed by atoms with Crippen LogP contribution in [-0.2, 0) is 32.2 Å². The number of methoxy groups -OCH3 is 1. The highest BCUT2D eigenvalue weighted by atomic mass is 16.7. The van der Waals surface area contributed by atoms with Crippen molar-refractivity contribution in [1.82, 2.24) is 0 Å². The van der Waals surface area contributed by atoms with Crippen LogP contribution in [0.15, 0.2) is 60.7 Å². The molecule has 1 saturated heterocycles. The van der Waals surface area contributed by atoms with Crippen LogP contribution >= 0.6 is 0 Å². The van der Waals surface area contributed by atoms with Crippen molar-refractivity contribution in [2.75, 3.05) is 13.7 Å². The molecule has 5 atom stereocenters. The van der Waals surface area contributed by atoms with Gasteiger partial charge >= 0.3 is 0 Å². The largest absolute Gasteiger partial charge is 0.394 e. The average molecular weight is 374 g/mol. The number of aliphatic hydroxyl groups excluding tert-OH is 2. The van der Waals surface area contributed by atoms with Crippen molar-refractivity contribution in [3.63, 3.8) is 0 Å². The molecule has 0 saturated carbocycles. The van der Waals surface area contributed by atoms with Gasteiger partial charge in [-0.05, 0) is 11.1 Å². The Labute approximate surface area is 159 Å². The molecule has 2 aromatic carbocycles. The zero-order chi connectivity index (χ0) is 19.1. The first-order valence-corrected chi connectivity index (χ1v) is 9.01. The molecule has 146 valence electrons. The molecule has 1 aliphatic rings. The van der Waals surface area contributed by atoms with Gasteiger partial charge in [0.15, 0.2) is 6.29 Å². The average Bonchev–Trinajstić information content (AvgIpc) is 2.73. The summed E-state index contributed by atoms with van der Waals surface area (Å²) in [6, 6.07) is 19.4. The van der Waals surface area contributed by atoms with Crippen LogP contribution in [0.3, 0.4) is 0 Å². The first-order valence-electron chi connectivity index (χ1n) is 9.01. The van der Waals surface area contributed by atoms with Crippen LogP contribution in [0.4, 0.5) is 0 Å². The van der Waals surface area contributed by atoms with E-state index in [0.717, 1.165) is 11.1 Å². The van der Waals surface area contributed by atoms with Gasteiger partial charge in [-0.15, -0.1) is 0 Å². The Morgan fingerprint density at radius 1 is 0.852 bits per heavy atom. The molecule has 1 fully saturated rings. The van der Waals surface area contributed by atoms with Crippen molar-refractivity contribution in [2.24, 2.45) is 0 Å². The Kier molecular flexibility index (Phi) is 7.34. The van der Waals surface area contributed by atoms with Crippen molar-refractivity contribution < 1.29 is 29.2 Å². The summed E-state index contributed by atoms with van der Waals surface area (Å²) in [7, 11) is 1.50. The molecule has 0 aliphatic carbocycles. The molecule has 6 heteroatoms. The Balaban J connectivity index is 1.73. The van der Waals surface area contributed by atoms with Crippen molar-refractivity contribution in [3.05, 3.63) is 71.8 Å². The molecular weight excluding hydrogens is 348 g/mol. The molecule has 2 N–H and O–H groups in total. The number of hydrogen-bond donors (Lipinski definition) is 2. The molecule has 0 spiro atoms. The fourth-order valence-electron chi connectivity index (χ4n) is 3.13.